The first kappa shape index (κ1) is 13.5. The molecule has 0 bridgehead atoms. The van der Waals surface area contributed by atoms with Crippen molar-refractivity contribution in [1.29, 1.82) is 0 Å². The molecule has 100 valence electrons. The third kappa shape index (κ3) is 3.76. The average Bonchev–Trinajstić information content (AvgIpc) is 2.80. The van der Waals surface area contributed by atoms with Gasteiger partial charge in [-0.15, -0.1) is 11.3 Å². The Morgan fingerprint density at radius 3 is 3.11 bits per heavy atom. The molecule has 0 unspecified atom stereocenters. The van der Waals surface area contributed by atoms with E-state index in [4.69, 9.17) is 9.47 Å². The Kier molecular flexibility index (Phi) is 4.68. The molecule has 3 atom stereocenters. The van der Waals surface area contributed by atoms with Crippen LogP contribution in [0.3, 0.4) is 0 Å². The highest BCUT2D eigenvalue weighted by molar-refractivity contribution is 7.10. The van der Waals surface area contributed by atoms with Gasteiger partial charge in [-0.3, -0.25) is 10.1 Å². The minimum Gasteiger partial charge on any atom is -0.350 e. The van der Waals surface area contributed by atoms with Gasteiger partial charge in [0.25, 0.3) is 0 Å². The van der Waals surface area contributed by atoms with Crippen LogP contribution in [-0.2, 0) is 9.47 Å². The van der Waals surface area contributed by atoms with Crippen LogP contribution in [0.1, 0.15) is 37.2 Å². The molecule has 0 N–H and O–H groups in total. The SMILES string of the molecule is C[C@H]1CCC[C@@H](O[C@@H](C[N+](=O)[O-])c2cccs2)O1. The highest BCUT2D eigenvalue weighted by Crippen LogP contribution is 2.28. The van der Waals surface area contributed by atoms with E-state index in [9.17, 15) is 10.1 Å². The zero-order valence-corrected chi connectivity index (χ0v) is 11.1. The molecule has 2 heterocycles. The van der Waals surface area contributed by atoms with Crippen LogP contribution in [0, 0.1) is 10.1 Å². The van der Waals surface area contributed by atoms with Gasteiger partial charge in [0.15, 0.2) is 12.4 Å². The van der Waals surface area contributed by atoms with Crippen molar-refractivity contribution in [3.8, 4) is 0 Å². The molecule has 0 amide bonds. The van der Waals surface area contributed by atoms with Crippen LogP contribution in [-0.4, -0.2) is 23.9 Å². The van der Waals surface area contributed by atoms with Gasteiger partial charge in [-0.25, -0.2) is 0 Å². The minimum atomic E-state index is -0.504. The number of nitro groups is 1. The number of thiophene rings is 1. The summed E-state index contributed by atoms with van der Waals surface area (Å²) in [5.74, 6) is 0. The van der Waals surface area contributed by atoms with Crippen molar-refractivity contribution in [1.82, 2.24) is 0 Å². The van der Waals surface area contributed by atoms with Crippen molar-refractivity contribution in [3.63, 3.8) is 0 Å². The summed E-state index contributed by atoms with van der Waals surface area (Å²) >= 11 is 1.48. The van der Waals surface area contributed by atoms with Crippen molar-refractivity contribution < 1.29 is 14.4 Å². The lowest BCUT2D eigenvalue weighted by atomic mass is 10.1. The van der Waals surface area contributed by atoms with Crippen LogP contribution in [0.4, 0.5) is 0 Å². The van der Waals surface area contributed by atoms with Gasteiger partial charge in [0.2, 0.25) is 6.54 Å². The van der Waals surface area contributed by atoms with E-state index in [1.165, 1.54) is 11.3 Å². The molecular formula is C12H17NO4S. The number of hydrogen-bond donors (Lipinski definition) is 0. The van der Waals surface area contributed by atoms with E-state index in [-0.39, 0.29) is 23.9 Å². The number of ether oxygens (including phenoxy) is 2. The summed E-state index contributed by atoms with van der Waals surface area (Å²) in [4.78, 5) is 11.2. The van der Waals surface area contributed by atoms with Crippen LogP contribution in [0.15, 0.2) is 17.5 Å². The lowest BCUT2D eigenvalue weighted by Crippen LogP contribution is -2.30. The summed E-state index contributed by atoms with van der Waals surface area (Å²) < 4.78 is 11.4. The van der Waals surface area contributed by atoms with Gasteiger partial charge in [-0.2, -0.15) is 0 Å². The first-order valence-electron chi connectivity index (χ1n) is 6.11. The van der Waals surface area contributed by atoms with E-state index >= 15 is 0 Å². The first-order valence-corrected chi connectivity index (χ1v) is 6.99. The molecule has 6 heteroatoms. The predicted molar refractivity (Wildman–Crippen MR) is 68.2 cm³/mol. The highest BCUT2D eigenvalue weighted by Gasteiger charge is 2.27. The second-order valence-electron chi connectivity index (χ2n) is 4.46. The molecule has 1 aliphatic heterocycles. The molecular weight excluding hydrogens is 254 g/mol. The number of rotatable bonds is 5. The van der Waals surface area contributed by atoms with Crippen molar-refractivity contribution >= 4 is 11.3 Å². The third-order valence-electron chi connectivity index (χ3n) is 2.93. The highest BCUT2D eigenvalue weighted by atomic mass is 32.1. The molecule has 2 rings (SSSR count). The van der Waals surface area contributed by atoms with Gasteiger partial charge in [0, 0.05) is 9.80 Å². The molecule has 18 heavy (non-hydrogen) atoms. The van der Waals surface area contributed by atoms with Gasteiger partial charge in [-0.05, 0) is 37.6 Å². The van der Waals surface area contributed by atoms with Crippen LogP contribution in [0.2, 0.25) is 0 Å². The number of nitrogens with zero attached hydrogens (tertiary/aromatic N) is 1. The molecule has 1 fully saturated rings. The van der Waals surface area contributed by atoms with E-state index in [2.05, 4.69) is 0 Å². The second-order valence-corrected chi connectivity index (χ2v) is 5.44. The summed E-state index contributed by atoms with van der Waals surface area (Å²) in [7, 11) is 0. The molecule has 1 aromatic heterocycles. The van der Waals surface area contributed by atoms with Crippen LogP contribution >= 0.6 is 11.3 Å². The number of hydrogen-bond acceptors (Lipinski definition) is 5. The summed E-state index contributed by atoms with van der Waals surface area (Å²) in [5, 5.41) is 12.6. The normalized spacial score (nSPS) is 25.8. The quantitative estimate of drug-likeness (QED) is 0.610. The topological polar surface area (TPSA) is 61.6 Å². The Morgan fingerprint density at radius 2 is 2.50 bits per heavy atom. The van der Waals surface area contributed by atoms with E-state index < -0.39 is 6.10 Å². The van der Waals surface area contributed by atoms with Crippen LogP contribution < -0.4 is 0 Å². The second kappa shape index (κ2) is 6.26. The lowest BCUT2D eigenvalue weighted by Gasteiger charge is -2.29. The summed E-state index contributed by atoms with van der Waals surface area (Å²) in [6.45, 7) is 1.79. The standard InChI is InChI=1S/C12H17NO4S/c1-9-4-2-6-12(16-9)17-10(8-13(14)15)11-5-3-7-18-11/h3,5,7,9-10,12H,2,4,6,8H2,1H3/t9-,10-,12+/m0/s1. The molecule has 1 aliphatic rings. The zero-order chi connectivity index (χ0) is 13.0. The largest absolute Gasteiger partial charge is 0.350 e. The summed E-state index contributed by atoms with van der Waals surface area (Å²) in [6, 6.07) is 3.74. The molecule has 0 radical (unpaired) electrons. The summed E-state index contributed by atoms with van der Waals surface area (Å²) in [6.07, 6.45) is 2.23. The Bertz CT molecular complexity index is 381. The van der Waals surface area contributed by atoms with E-state index in [1.54, 1.807) is 0 Å². The Balaban J connectivity index is 1.98. The fourth-order valence-electron chi connectivity index (χ4n) is 2.06. The molecule has 5 nitrogen and oxygen atoms in total. The minimum absolute atomic E-state index is 0.170. The zero-order valence-electron chi connectivity index (χ0n) is 10.3. The van der Waals surface area contributed by atoms with Gasteiger partial charge in [0.1, 0.15) is 0 Å². The smallest absolute Gasteiger partial charge is 0.234 e. The fraction of sp³-hybridized carbons (Fsp3) is 0.667. The van der Waals surface area contributed by atoms with E-state index in [1.807, 2.05) is 24.4 Å². The molecule has 1 saturated heterocycles. The van der Waals surface area contributed by atoms with Gasteiger partial charge in [0.05, 0.1) is 6.10 Å². The Morgan fingerprint density at radius 1 is 1.67 bits per heavy atom. The van der Waals surface area contributed by atoms with Crippen molar-refractivity contribution in [2.24, 2.45) is 0 Å². The molecule has 1 aromatic rings. The Hall–Kier alpha value is -0.980. The fourth-order valence-corrected chi connectivity index (χ4v) is 2.81. The third-order valence-corrected chi connectivity index (χ3v) is 3.89. The maximum Gasteiger partial charge on any atom is 0.234 e. The Labute approximate surface area is 110 Å². The molecule has 0 spiro atoms. The molecule has 0 saturated carbocycles. The van der Waals surface area contributed by atoms with Gasteiger partial charge in [-0.1, -0.05) is 6.07 Å². The lowest BCUT2D eigenvalue weighted by molar-refractivity contribution is -0.496. The van der Waals surface area contributed by atoms with Gasteiger partial charge < -0.3 is 9.47 Å². The van der Waals surface area contributed by atoms with Gasteiger partial charge >= 0.3 is 0 Å². The van der Waals surface area contributed by atoms with E-state index in [0.29, 0.717) is 0 Å². The predicted octanol–water partition coefficient (Wildman–Crippen LogP) is 3.00. The summed E-state index contributed by atoms with van der Waals surface area (Å²) in [5.41, 5.74) is 0. The molecule has 0 aliphatic carbocycles. The first-order chi connectivity index (χ1) is 8.65. The van der Waals surface area contributed by atoms with Crippen molar-refractivity contribution in [2.75, 3.05) is 6.54 Å². The molecule has 0 aromatic carbocycles. The van der Waals surface area contributed by atoms with Crippen molar-refractivity contribution in [3.05, 3.63) is 32.5 Å². The van der Waals surface area contributed by atoms with Crippen LogP contribution in [0.25, 0.3) is 0 Å². The maximum atomic E-state index is 10.7. The van der Waals surface area contributed by atoms with E-state index in [0.717, 1.165) is 24.1 Å². The van der Waals surface area contributed by atoms with Crippen molar-refractivity contribution in [2.45, 2.75) is 44.7 Å². The van der Waals surface area contributed by atoms with Crippen LogP contribution in [0.5, 0.6) is 0 Å². The monoisotopic (exact) mass is 271 g/mol. The maximum absolute atomic E-state index is 10.7. The average molecular weight is 271 g/mol.